The van der Waals surface area contributed by atoms with Crippen LogP contribution >= 0.6 is 0 Å². The molecule has 3 rings (SSSR count). The van der Waals surface area contributed by atoms with Crippen molar-refractivity contribution in [1.29, 1.82) is 0 Å². The first-order chi connectivity index (χ1) is 6.95. The van der Waals surface area contributed by atoms with Crippen LogP contribution in [-0.4, -0.2) is 24.5 Å². The van der Waals surface area contributed by atoms with Crippen LogP contribution in [0.1, 0.15) is 25.7 Å². The molecule has 14 heavy (non-hydrogen) atoms. The molecular formula is C12H16N2. The highest BCUT2D eigenvalue weighted by atomic mass is 14.9. The van der Waals surface area contributed by atoms with Crippen LogP contribution in [-0.2, 0) is 0 Å². The van der Waals surface area contributed by atoms with E-state index in [4.69, 9.17) is 4.99 Å². The summed E-state index contributed by atoms with van der Waals surface area (Å²) in [6, 6.07) is 0.402. The van der Waals surface area contributed by atoms with Gasteiger partial charge < -0.3 is 0 Å². The first-order valence-corrected chi connectivity index (χ1v) is 5.69. The number of rotatable bonds is 0. The summed E-state index contributed by atoms with van der Waals surface area (Å²) < 4.78 is 0. The Kier molecular flexibility index (Phi) is 2.00. The van der Waals surface area contributed by atoms with Crippen LogP contribution in [0, 0.1) is 11.8 Å². The molecule has 1 aliphatic carbocycles. The molecule has 3 atom stereocenters. The van der Waals surface area contributed by atoms with E-state index in [1.54, 1.807) is 0 Å². The number of dihydropyridines is 1. The van der Waals surface area contributed by atoms with E-state index < -0.39 is 0 Å². The Morgan fingerprint density at radius 2 is 2.21 bits per heavy atom. The smallest absolute Gasteiger partial charge is 0.0941 e. The molecule has 2 heteroatoms. The first-order valence-electron chi connectivity index (χ1n) is 5.69. The monoisotopic (exact) mass is 188 g/mol. The fraction of sp³-hybridized carbons (Fsp3) is 0.667. The molecule has 0 N–H and O–H groups in total. The molecule has 0 aromatic heterocycles. The van der Waals surface area contributed by atoms with Gasteiger partial charge in [-0.3, -0.25) is 9.98 Å². The number of nitrogens with zero attached hydrogens (tertiary/aromatic N) is 2. The van der Waals surface area contributed by atoms with E-state index in [0.717, 1.165) is 12.5 Å². The lowest BCUT2D eigenvalue weighted by Crippen LogP contribution is -2.40. The SMILES string of the molecule is C1=CC2CCC3CCCN=C3C2N=C1. The van der Waals surface area contributed by atoms with Crippen LogP contribution in [0.5, 0.6) is 0 Å². The third-order valence-electron chi connectivity index (χ3n) is 3.67. The molecule has 0 saturated heterocycles. The molecule has 1 fully saturated rings. The van der Waals surface area contributed by atoms with Crippen molar-refractivity contribution < 1.29 is 0 Å². The van der Waals surface area contributed by atoms with Gasteiger partial charge in [-0.1, -0.05) is 6.08 Å². The van der Waals surface area contributed by atoms with Gasteiger partial charge in [-0.05, 0) is 37.7 Å². The summed E-state index contributed by atoms with van der Waals surface area (Å²) >= 11 is 0. The van der Waals surface area contributed by atoms with E-state index in [2.05, 4.69) is 17.1 Å². The maximum atomic E-state index is 4.70. The predicted octanol–water partition coefficient (Wildman–Crippen LogP) is 2.26. The zero-order valence-electron chi connectivity index (χ0n) is 8.39. The number of hydrogen-bond acceptors (Lipinski definition) is 2. The van der Waals surface area contributed by atoms with Crippen molar-refractivity contribution in [1.82, 2.24) is 0 Å². The number of hydrogen-bond donors (Lipinski definition) is 0. The number of fused-ring (bicyclic) bond motifs is 3. The summed E-state index contributed by atoms with van der Waals surface area (Å²) in [4.78, 5) is 9.30. The zero-order chi connectivity index (χ0) is 9.38. The van der Waals surface area contributed by atoms with Gasteiger partial charge in [-0.25, -0.2) is 0 Å². The second-order valence-electron chi connectivity index (χ2n) is 4.51. The standard InChI is InChI=1S/C12H16N2/c1-3-9-5-6-10-4-2-8-14-12(10)11(9)13-7-1/h1,3,7,9-11H,2,4-6,8H2. The number of allylic oxidation sites excluding steroid dienone is 1. The van der Waals surface area contributed by atoms with E-state index in [1.807, 2.05) is 6.21 Å². The van der Waals surface area contributed by atoms with E-state index in [9.17, 15) is 0 Å². The van der Waals surface area contributed by atoms with Crippen molar-refractivity contribution in [2.75, 3.05) is 6.54 Å². The maximum absolute atomic E-state index is 4.70. The summed E-state index contributed by atoms with van der Waals surface area (Å²) in [7, 11) is 0. The van der Waals surface area contributed by atoms with Crippen LogP contribution in [0.15, 0.2) is 22.1 Å². The lowest BCUT2D eigenvalue weighted by atomic mass is 9.73. The summed E-state index contributed by atoms with van der Waals surface area (Å²) in [6.07, 6.45) is 11.6. The molecule has 0 radical (unpaired) electrons. The predicted molar refractivity (Wildman–Crippen MR) is 59.2 cm³/mol. The summed E-state index contributed by atoms with van der Waals surface area (Å²) in [5.74, 6) is 1.40. The first kappa shape index (κ1) is 8.39. The Balaban J connectivity index is 1.92. The largest absolute Gasteiger partial charge is 0.292 e. The van der Waals surface area contributed by atoms with Gasteiger partial charge in [0.15, 0.2) is 0 Å². The average Bonchev–Trinajstić information content (AvgIpc) is 2.29. The lowest BCUT2D eigenvalue weighted by Gasteiger charge is -2.37. The fourth-order valence-electron chi connectivity index (χ4n) is 2.94. The second-order valence-corrected chi connectivity index (χ2v) is 4.51. The van der Waals surface area contributed by atoms with Crippen molar-refractivity contribution >= 4 is 11.9 Å². The molecule has 0 aromatic carbocycles. The van der Waals surface area contributed by atoms with Crippen molar-refractivity contribution in [3.63, 3.8) is 0 Å². The Labute approximate surface area is 84.8 Å². The summed E-state index contributed by atoms with van der Waals surface area (Å²) in [5, 5.41) is 0. The van der Waals surface area contributed by atoms with Gasteiger partial charge in [0.25, 0.3) is 0 Å². The third kappa shape index (κ3) is 1.24. The lowest BCUT2D eigenvalue weighted by molar-refractivity contribution is 0.392. The molecule has 0 bridgehead atoms. The van der Waals surface area contributed by atoms with Gasteiger partial charge in [0.2, 0.25) is 0 Å². The Morgan fingerprint density at radius 1 is 1.21 bits per heavy atom. The Bertz CT molecular complexity index is 314. The molecular weight excluding hydrogens is 172 g/mol. The minimum atomic E-state index is 0.402. The van der Waals surface area contributed by atoms with Crippen molar-refractivity contribution in [2.24, 2.45) is 21.8 Å². The zero-order valence-corrected chi connectivity index (χ0v) is 8.39. The van der Waals surface area contributed by atoms with Gasteiger partial charge >= 0.3 is 0 Å². The molecule has 0 aromatic rings. The maximum Gasteiger partial charge on any atom is 0.0941 e. The molecule has 0 spiro atoms. The van der Waals surface area contributed by atoms with Gasteiger partial charge in [0.05, 0.1) is 6.04 Å². The summed E-state index contributed by atoms with van der Waals surface area (Å²) in [6.45, 7) is 1.04. The highest BCUT2D eigenvalue weighted by Crippen LogP contribution is 2.35. The highest BCUT2D eigenvalue weighted by molar-refractivity contribution is 5.95. The van der Waals surface area contributed by atoms with Gasteiger partial charge in [-0.2, -0.15) is 0 Å². The van der Waals surface area contributed by atoms with E-state index >= 15 is 0 Å². The van der Waals surface area contributed by atoms with E-state index in [1.165, 1.54) is 31.4 Å². The molecule has 2 heterocycles. The Hall–Kier alpha value is -0.920. The normalized spacial score (nSPS) is 40.0. The van der Waals surface area contributed by atoms with Crippen LogP contribution < -0.4 is 0 Å². The van der Waals surface area contributed by atoms with Crippen molar-refractivity contribution in [2.45, 2.75) is 31.7 Å². The minimum Gasteiger partial charge on any atom is -0.292 e. The summed E-state index contributed by atoms with van der Waals surface area (Å²) in [5.41, 5.74) is 1.41. The quantitative estimate of drug-likeness (QED) is 0.557. The average molecular weight is 188 g/mol. The van der Waals surface area contributed by atoms with Gasteiger partial charge in [0.1, 0.15) is 0 Å². The molecule has 2 nitrogen and oxygen atoms in total. The molecule has 2 aliphatic heterocycles. The van der Waals surface area contributed by atoms with Crippen LogP contribution in [0.25, 0.3) is 0 Å². The highest BCUT2D eigenvalue weighted by Gasteiger charge is 2.36. The van der Waals surface area contributed by atoms with Crippen LogP contribution in [0.2, 0.25) is 0 Å². The van der Waals surface area contributed by atoms with Gasteiger partial charge in [-0.15, -0.1) is 0 Å². The molecule has 74 valence electrons. The van der Waals surface area contributed by atoms with Crippen molar-refractivity contribution in [3.05, 3.63) is 12.2 Å². The van der Waals surface area contributed by atoms with Crippen molar-refractivity contribution in [3.8, 4) is 0 Å². The topological polar surface area (TPSA) is 24.7 Å². The minimum absolute atomic E-state index is 0.402. The van der Waals surface area contributed by atoms with Gasteiger partial charge in [0, 0.05) is 24.4 Å². The van der Waals surface area contributed by atoms with E-state index in [-0.39, 0.29) is 0 Å². The molecule has 1 saturated carbocycles. The number of aliphatic imine (C=N–C) groups is 2. The second kappa shape index (κ2) is 3.34. The third-order valence-corrected chi connectivity index (χ3v) is 3.67. The molecule has 3 unspecified atom stereocenters. The Morgan fingerprint density at radius 3 is 3.21 bits per heavy atom. The van der Waals surface area contributed by atoms with Crippen LogP contribution in [0.3, 0.4) is 0 Å². The van der Waals surface area contributed by atoms with E-state index in [0.29, 0.717) is 12.0 Å². The fourth-order valence-corrected chi connectivity index (χ4v) is 2.94. The van der Waals surface area contributed by atoms with Crippen LogP contribution in [0.4, 0.5) is 0 Å². The molecule has 3 aliphatic rings. The molecule has 0 amide bonds.